The molecule has 0 unspecified atom stereocenters. The first-order valence-corrected chi connectivity index (χ1v) is 9.81. The van der Waals surface area contributed by atoms with Crippen LogP contribution in [0.25, 0.3) is 0 Å². The number of rotatable bonds is 7. The van der Waals surface area contributed by atoms with Crippen LogP contribution in [-0.4, -0.2) is 33.5 Å². The van der Waals surface area contributed by atoms with Crippen molar-refractivity contribution in [1.82, 2.24) is 0 Å². The van der Waals surface area contributed by atoms with Crippen molar-refractivity contribution in [1.29, 1.82) is 0 Å². The summed E-state index contributed by atoms with van der Waals surface area (Å²) in [5.74, 6) is 2.26. The van der Waals surface area contributed by atoms with Crippen molar-refractivity contribution in [3.05, 3.63) is 47.5 Å². The van der Waals surface area contributed by atoms with E-state index in [9.17, 15) is 0 Å². The van der Waals surface area contributed by atoms with Crippen LogP contribution in [0.4, 0.5) is 11.4 Å². The van der Waals surface area contributed by atoms with Crippen LogP contribution < -0.4 is 14.4 Å². The van der Waals surface area contributed by atoms with Gasteiger partial charge >= 0.3 is 0 Å². The molecule has 0 radical (unpaired) electrons. The first kappa shape index (κ1) is 19.3. The van der Waals surface area contributed by atoms with Gasteiger partial charge in [0.1, 0.15) is 11.5 Å². The highest BCUT2D eigenvalue weighted by Gasteiger charge is 2.19. The number of aliphatic imine (C=N–C) groups is 1. The highest BCUT2D eigenvalue weighted by Crippen LogP contribution is 2.36. The van der Waals surface area contributed by atoms with Gasteiger partial charge in [0.2, 0.25) is 0 Å². The maximum Gasteiger partial charge on any atom is 0.143 e. The monoisotopic (exact) mass is 366 g/mol. The molecule has 1 heterocycles. The highest BCUT2D eigenvalue weighted by molar-refractivity contribution is 5.88. The zero-order chi connectivity index (χ0) is 19.2. The molecule has 4 heteroatoms. The Balaban J connectivity index is 1.86. The molecule has 0 N–H and O–H groups in total. The maximum absolute atomic E-state index is 5.65. The van der Waals surface area contributed by atoms with Crippen LogP contribution in [0.3, 0.4) is 0 Å². The molecule has 0 amide bonds. The van der Waals surface area contributed by atoms with E-state index >= 15 is 0 Å². The van der Waals surface area contributed by atoms with E-state index in [2.05, 4.69) is 54.1 Å². The summed E-state index contributed by atoms with van der Waals surface area (Å²) in [6.45, 7) is 6.59. The van der Waals surface area contributed by atoms with Gasteiger partial charge in [-0.15, -0.1) is 0 Å². The normalized spacial score (nSPS) is 15.3. The highest BCUT2D eigenvalue weighted by atomic mass is 16.5. The Labute approximate surface area is 162 Å². The Morgan fingerprint density at radius 1 is 1.04 bits per heavy atom. The van der Waals surface area contributed by atoms with Crippen LogP contribution in [0.2, 0.25) is 0 Å². The number of hydrogen-bond acceptors (Lipinski definition) is 4. The average molecular weight is 367 g/mol. The summed E-state index contributed by atoms with van der Waals surface area (Å²) in [5, 5.41) is 0. The van der Waals surface area contributed by atoms with E-state index in [0.29, 0.717) is 5.92 Å². The zero-order valence-electron chi connectivity index (χ0n) is 16.9. The summed E-state index contributed by atoms with van der Waals surface area (Å²) in [5.41, 5.74) is 4.31. The summed E-state index contributed by atoms with van der Waals surface area (Å²) in [6, 6.07) is 12.5. The minimum absolute atomic E-state index is 0.575. The number of ether oxygens (including phenoxy) is 2. The van der Waals surface area contributed by atoms with Gasteiger partial charge in [-0.3, -0.25) is 4.99 Å². The first-order chi connectivity index (χ1) is 13.2. The lowest BCUT2D eigenvalue weighted by molar-refractivity contribution is 0.402. The minimum atomic E-state index is 0.575. The third-order valence-corrected chi connectivity index (χ3v) is 5.41. The summed E-state index contributed by atoms with van der Waals surface area (Å²) in [4.78, 5) is 7.00. The topological polar surface area (TPSA) is 34.1 Å². The first-order valence-electron chi connectivity index (χ1n) is 9.81. The second kappa shape index (κ2) is 8.94. The molecule has 144 valence electrons. The molecule has 0 spiro atoms. The summed E-state index contributed by atoms with van der Waals surface area (Å²) >= 11 is 0. The van der Waals surface area contributed by atoms with E-state index < -0.39 is 0 Å². The van der Waals surface area contributed by atoms with E-state index in [0.717, 1.165) is 47.9 Å². The fourth-order valence-electron chi connectivity index (χ4n) is 3.48. The molecule has 1 aliphatic heterocycles. The van der Waals surface area contributed by atoms with E-state index in [1.807, 2.05) is 12.3 Å². The van der Waals surface area contributed by atoms with Gasteiger partial charge in [-0.05, 0) is 48.9 Å². The van der Waals surface area contributed by atoms with Gasteiger partial charge in [0.25, 0.3) is 0 Å². The SMILES string of the molecule is CC[C@@H](C)c1ccc(N=Cc2cc(OC)c(N3CCCC3)cc2OC)cc1. The predicted octanol–water partition coefficient (Wildman–Crippen LogP) is 5.57. The Bertz CT molecular complexity index is 778. The van der Waals surface area contributed by atoms with Crippen molar-refractivity contribution in [3.8, 4) is 11.5 Å². The number of nitrogens with zero attached hydrogens (tertiary/aromatic N) is 2. The Morgan fingerprint density at radius 2 is 1.70 bits per heavy atom. The third-order valence-electron chi connectivity index (χ3n) is 5.41. The lowest BCUT2D eigenvalue weighted by atomic mass is 9.99. The van der Waals surface area contributed by atoms with Gasteiger partial charge < -0.3 is 14.4 Å². The number of benzene rings is 2. The van der Waals surface area contributed by atoms with E-state index in [1.54, 1.807) is 14.2 Å². The predicted molar refractivity (Wildman–Crippen MR) is 113 cm³/mol. The summed E-state index contributed by atoms with van der Waals surface area (Å²) < 4.78 is 11.3. The van der Waals surface area contributed by atoms with Crippen molar-refractivity contribution in [2.24, 2.45) is 4.99 Å². The number of hydrogen-bond donors (Lipinski definition) is 0. The second-order valence-corrected chi connectivity index (χ2v) is 7.12. The maximum atomic E-state index is 5.65. The third kappa shape index (κ3) is 4.44. The molecule has 3 rings (SSSR count). The molecule has 0 aliphatic carbocycles. The van der Waals surface area contributed by atoms with Crippen molar-refractivity contribution in [2.75, 3.05) is 32.2 Å². The van der Waals surface area contributed by atoms with Crippen LogP contribution in [-0.2, 0) is 0 Å². The molecular weight excluding hydrogens is 336 g/mol. The zero-order valence-corrected chi connectivity index (χ0v) is 16.9. The van der Waals surface area contributed by atoms with Gasteiger partial charge in [-0.1, -0.05) is 26.0 Å². The molecule has 0 saturated carbocycles. The van der Waals surface area contributed by atoms with Gasteiger partial charge in [0.05, 0.1) is 25.6 Å². The van der Waals surface area contributed by atoms with Crippen LogP contribution >= 0.6 is 0 Å². The van der Waals surface area contributed by atoms with Crippen LogP contribution in [0.1, 0.15) is 50.2 Å². The molecule has 0 aromatic heterocycles. The quantitative estimate of drug-likeness (QED) is 0.601. The van der Waals surface area contributed by atoms with Crippen molar-refractivity contribution in [3.63, 3.8) is 0 Å². The Kier molecular flexibility index (Phi) is 6.38. The van der Waals surface area contributed by atoms with E-state index in [4.69, 9.17) is 9.47 Å². The molecule has 27 heavy (non-hydrogen) atoms. The van der Waals surface area contributed by atoms with Crippen LogP contribution in [0.5, 0.6) is 11.5 Å². The van der Waals surface area contributed by atoms with Crippen LogP contribution in [0, 0.1) is 0 Å². The molecule has 1 saturated heterocycles. The largest absolute Gasteiger partial charge is 0.496 e. The van der Waals surface area contributed by atoms with Crippen molar-refractivity contribution in [2.45, 2.75) is 39.0 Å². The molecule has 2 aromatic rings. The van der Waals surface area contributed by atoms with Crippen LogP contribution in [0.15, 0.2) is 41.4 Å². The lowest BCUT2D eigenvalue weighted by Crippen LogP contribution is -2.18. The molecule has 1 atom stereocenters. The average Bonchev–Trinajstić information content (AvgIpc) is 3.26. The van der Waals surface area contributed by atoms with Gasteiger partial charge in [0, 0.05) is 30.9 Å². The second-order valence-electron chi connectivity index (χ2n) is 7.12. The summed E-state index contributed by atoms with van der Waals surface area (Å²) in [7, 11) is 3.42. The standard InChI is InChI=1S/C23H30N2O2/c1-5-17(2)18-8-10-20(11-9-18)24-16-19-14-23(27-4)21(15-22(19)26-3)25-12-6-7-13-25/h8-11,14-17H,5-7,12-13H2,1-4H3/t17-/m1/s1. The van der Waals surface area contributed by atoms with Crippen molar-refractivity contribution >= 4 is 17.6 Å². The minimum Gasteiger partial charge on any atom is -0.496 e. The molecule has 4 nitrogen and oxygen atoms in total. The number of methoxy groups -OCH3 is 2. The molecule has 1 aliphatic rings. The Morgan fingerprint density at radius 3 is 2.30 bits per heavy atom. The summed E-state index contributed by atoms with van der Waals surface area (Å²) in [6.07, 6.45) is 5.44. The fraction of sp³-hybridized carbons (Fsp3) is 0.435. The van der Waals surface area contributed by atoms with Gasteiger partial charge in [-0.2, -0.15) is 0 Å². The van der Waals surface area contributed by atoms with E-state index in [1.165, 1.54) is 18.4 Å². The molecular formula is C23H30N2O2. The fourth-order valence-corrected chi connectivity index (χ4v) is 3.48. The smallest absolute Gasteiger partial charge is 0.143 e. The van der Waals surface area contributed by atoms with Gasteiger partial charge in [0.15, 0.2) is 0 Å². The van der Waals surface area contributed by atoms with Gasteiger partial charge in [-0.25, -0.2) is 0 Å². The molecule has 1 fully saturated rings. The number of anilines is 1. The van der Waals surface area contributed by atoms with Crippen molar-refractivity contribution < 1.29 is 9.47 Å². The molecule has 2 aromatic carbocycles. The molecule has 0 bridgehead atoms. The van der Waals surface area contributed by atoms with E-state index in [-0.39, 0.29) is 0 Å². The lowest BCUT2D eigenvalue weighted by Gasteiger charge is -2.22. The Hall–Kier alpha value is -2.49.